The number of rotatable bonds is 4. The number of halogens is 1. The molecule has 0 radical (unpaired) electrons. The van der Waals surface area contributed by atoms with Crippen molar-refractivity contribution in [2.45, 2.75) is 0 Å². The van der Waals surface area contributed by atoms with Crippen LogP contribution in [0.1, 0.15) is 0 Å². The third-order valence-electron chi connectivity index (χ3n) is 3.16. The SMILES string of the molecule is Brc1cnc2ccc(NCCN3CCOCC3)nn12. The average Bonchev–Trinajstić information content (AvgIpc) is 2.82. The third-order valence-corrected chi connectivity index (χ3v) is 3.70. The first-order chi connectivity index (χ1) is 9.33. The predicted octanol–water partition coefficient (Wildman–Crippen LogP) is 1.24. The number of morpholine rings is 1. The lowest BCUT2D eigenvalue weighted by molar-refractivity contribution is 0.0398. The van der Waals surface area contributed by atoms with Crippen molar-refractivity contribution in [3.63, 3.8) is 0 Å². The molecule has 1 aliphatic rings. The number of imidazole rings is 1. The predicted molar refractivity (Wildman–Crippen MR) is 76.4 cm³/mol. The summed E-state index contributed by atoms with van der Waals surface area (Å²) in [7, 11) is 0. The Morgan fingerprint density at radius 3 is 3.00 bits per heavy atom. The molecular formula is C12H16BrN5O. The van der Waals surface area contributed by atoms with Crippen LogP contribution in [0, 0.1) is 0 Å². The fourth-order valence-corrected chi connectivity index (χ4v) is 2.47. The highest BCUT2D eigenvalue weighted by atomic mass is 79.9. The largest absolute Gasteiger partial charge is 0.379 e. The average molecular weight is 326 g/mol. The van der Waals surface area contributed by atoms with Crippen LogP contribution in [0.3, 0.4) is 0 Å². The van der Waals surface area contributed by atoms with Crippen molar-refractivity contribution in [1.29, 1.82) is 0 Å². The molecule has 3 rings (SSSR count). The molecule has 2 aromatic heterocycles. The molecule has 102 valence electrons. The highest BCUT2D eigenvalue weighted by molar-refractivity contribution is 9.10. The summed E-state index contributed by atoms with van der Waals surface area (Å²) in [6.45, 7) is 5.60. The summed E-state index contributed by atoms with van der Waals surface area (Å²) in [6.07, 6.45) is 1.75. The number of hydrogen-bond donors (Lipinski definition) is 1. The van der Waals surface area contributed by atoms with Gasteiger partial charge in [-0.3, -0.25) is 4.90 Å². The maximum absolute atomic E-state index is 5.33. The molecule has 1 fully saturated rings. The van der Waals surface area contributed by atoms with E-state index in [1.807, 2.05) is 12.1 Å². The molecule has 0 atom stereocenters. The van der Waals surface area contributed by atoms with Gasteiger partial charge in [-0.2, -0.15) is 0 Å². The monoisotopic (exact) mass is 325 g/mol. The van der Waals surface area contributed by atoms with Crippen LogP contribution in [0.4, 0.5) is 5.82 Å². The van der Waals surface area contributed by atoms with Gasteiger partial charge in [-0.25, -0.2) is 9.50 Å². The number of nitrogens with zero attached hydrogens (tertiary/aromatic N) is 4. The molecule has 2 aromatic rings. The van der Waals surface area contributed by atoms with Gasteiger partial charge in [0.1, 0.15) is 10.4 Å². The van der Waals surface area contributed by atoms with Crippen molar-refractivity contribution in [1.82, 2.24) is 19.5 Å². The number of aromatic nitrogens is 3. The van der Waals surface area contributed by atoms with Crippen LogP contribution < -0.4 is 5.32 Å². The van der Waals surface area contributed by atoms with Crippen LogP contribution in [0.2, 0.25) is 0 Å². The standard InChI is InChI=1S/C12H16BrN5O/c13-10-9-15-12-2-1-11(16-18(10)12)14-3-4-17-5-7-19-8-6-17/h1-2,9H,3-8H2,(H,14,16). The zero-order valence-corrected chi connectivity index (χ0v) is 12.1. The van der Waals surface area contributed by atoms with E-state index in [4.69, 9.17) is 4.74 Å². The Balaban J connectivity index is 1.57. The Bertz CT molecular complexity index is 552. The zero-order valence-electron chi connectivity index (χ0n) is 10.5. The Kier molecular flexibility index (Phi) is 3.95. The van der Waals surface area contributed by atoms with Gasteiger partial charge in [0, 0.05) is 26.2 Å². The molecule has 0 aliphatic carbocycles. The van der Waals surface area contributed by atoms with Gasteiger partial charge in [-0.15, -0.1) is 5.10 Å². The van der Waals surface area contributed by atoms with E-state index in [0.717, 1.165) is 55.5 Å². The molecule has 0 bridgehead atoms. The first kappa shape index (κ1) is 12.8. The summed E-state index contributed by atoms with van der Waals surface area (Å²) in [4.78, 5) is 6.61. The summed E-state index contributed by atoms with van der Waals surface area (Å²) >= 11 is 3.42. The molecule has 1 saturated heterocycles. The topological polar surface area (TPSA) is 54.7 Å². The van der Waals surface area contributed by atoms with Gasteiger partial charge in [-0.05, 0) is 28.1 Å². The molecule has 0 spiro atoms. The van der Waals surface area contributed by atoms with Gasteiger partial charge in [0.2, 0.25) is 0 Å². The molecule has 6 nitrogen and oxygen atoms in total. The summed E-state index contributed by atoms with van der Waals surface area (Å²) < 4.78 is 7.96. The summed E-state index contributed by atoms with van der Waals surface area (Å²) in [5, 5.41) is 7.81. The lowest BCUT2D eigenvalue weighted by atomic mass is 10.4. The van der Waals surface area contributed by atoms with Crippen LogP contribution >= 0.6 is 15.9 Å². The van der Waals surface area contributed by atoms with Gasteiger partial charge in [-0.1, -0.05) is 0 Å². The molecular weight excluding hydrogens is 310 g/mol. The van der Waals surface area contributed by atoms with Crippen molar-refractivity contribution in [3.8, 4) is 0 Å². The second kappa shape index (κ2) is 5.85. The first-order valence-corrected chi connectivity index (χ1v) is 7.16. The summed E-state index contributed by atoms with van der Waals surface area (Å²) in [5.74, 6) is 0.861. The number of ether oxygens (including phenoxy) is 1. The minimum atomic E-state index is 0.839. The molecule has 0 unspecified atom stereocenters. The third kappa shape index (κ3) is 3.05. The molecule has 0 amide bonds. The number of hydrogen-bond acceptors (Lipinski definition) is 5. The molecule has 19 heavy (non-hydrogen) atoms. The van der Waals surface area contributed by atoms with Crippen molar-refractivity contribution in [3.05, 3.63) is 22.9 Å². The normalized spacial score (nSPS) is 16.9. The maximum Gasteiger partial charge on any atom is 0.154 e. The van der Waals surface area contributed by atoms with Crippen molar-refractivity contribution in [2.24, 2.45) is 0 Å². The van der Waals surface area contributed by atoms with Crippen LogP contribution in [0.5, 0.6) is 0 Å². The molecule has 1 aliphatic heterocycles. The first-order valence-electron chi connectivity index (χ1n) is 6.37. The van der Waals surface area contributed by atoms with Gasteiger partial charge in [0.25, 0.3) is 0 Å². The maximum atomic E-state index is 5.33. The number of nitrogens with one attached hydrogen (secondary N) is 1. The quantitative estimate of drug-likeness (QED) is 0.916. The molecule has 0 saturated carbocycles. The van der Waals surface area contributed by atoms with Gasteiger partial charge in [0.05, 0.1) is 19.4 Å². The van der Waals surface area contributed by atoms with E-state index in [9.17, 15) is 0 Å². The molecule has 3 heterocycles. The van der Waals surface area contributed by atoms with E-state index in [-0.39, 0.29) is 0 Å². The van der Waals surface area contributed by atoms with E-state index in [1.165, 1.54) is 0 Å². The van der Waals surface area contributed by atoms with Gasteiger partial charge >= 0.3 is 0 Å². The summed E-state index contributed by atoms with van der Waals surface area (Å²) in [5.41, 5.74) is 0.839. The van der Waals surface area contributed by atoms with E-state index in [1.54, 1.807) is 10.7 Å². The van der Waals surface area contributed by atoms with Crippen molar-refractivity contribution in [2.75, 3.05) is 44.7 Å². The van der Waals surface area contributed by atoms with Crippen molar-refractivity contribution < 1.29 is 4.74 Å². The van der Waals surface area contributed by atoms with E-state index < -0.39 is 0 Å². The minimum absolute atomic E-state index is 0.839. The van der Waals surface area contributed by atoms with Crippen LogP contribution in [-0.2, 0) is 4.74 Å². The Morgan fingerprint density at radius 1 is 1.32 bits per heavy atom. The Morgan fingerprint density at radius 2 is 2.16 bits per heavy atom. The minimum Gasteiger partial charge on any atom is -0.379 e. The molecule has 1 N–H and O–H groups in total. The molecule has 0 aromatic carbocycles. The van der Waals surface area contributed by atoms with E-state index >= 15 is 0 Å². The van der Waals surface area contributed by atoms with Crippen LogP contribution in [0.25, 0.3) is 5.65 Å². The second-order valence-corrected chi connectivity index (χ2v) is 5.26. The van der Waals surface area contributed by atoms with Crippen LogP contribution in [-0.4, -0.2) is 58.9 Å². The fraction of sp³-hybridized carbons (Fsp3) is 0.500. The number of anilines is 1. The highest BCUT2D eigenvalue weighted by Gasteiger charge is 2.09. The fourth-order valence-electron chi connectivity index (χ4n) is 2.11. The van der Waals surface area contributed by atoms with Crippen LogP contribution in [0.15, 0.2) is 22.9 Å². The molecule has 7 heteroatoms. The second-order valence-electron chi connectivity index (χ2n) is 4.45. The Hall–Kier alpha value is -1.18. The smallest absolute Gasteiger partial charge is 0.154 e. The Labute approximate surface area is 119 Å². The van der Waals surface area contributed by atoms with E-state index in [2.05, 4.69) is 36.2 Å². The lowest BCUT2D eigenvalue weighted by Gasteiger charge is -2.26. The highest BCUT2D eigenvalue weighted by Crippen LogP contribution is 2.13. The van der Waals surface area contributed by atoms with Gasteiger partial charge < -0.3 is 10.1 Å². The summed E-state index contributed by atoms with van der Waals surface area (Å²) in [6, 6.07) is 3.91. The van der Waals surface area contributed by atoms with E-state index in [0.29, 0.717) is 0 Å². The van der Waals surface area contributed by atoms with Gasteiger partial charge in [0.15, 0.2) is 5.65 Å². The van der Waals surface area contributed by atoms with Crippen molar-refractivity contribution >= 4 is 27.4 Å². The lowest BCUT2D eigenvalue weighted by Crippen LogP contribution is -2.39. The number of fused-ring (bicyclic) bond motifs is 1. The zero-order chi connectivity index (χ0) is 13.1.